The minimum Gasteiger partial charge on any atom is -0.327 e. The summed E-state index contributed by atoms with van der Waals surface area (Å²) in [6.45, 7) is 4.00. The summed E-state index contributed by atoms with van der Waals surface area (Å²) in [5.74, 6) is 0.303. The molecule has 2 aromatic heterocycles. The fourth-order valence-electron chi connectivity index (χ4n) is 2.17. The second-order valence-corrected chi connectivity index (χ2v) is 4.50. The van der Waals surface area contributed by atoms with Crippen molar-refractivity contribution in [3.8, 4) is 0 Å². The molecule has 2 aromatic rings. The Morgan fingerprint density at radius 1 is 1.26 bits per heavy atom. The smallest absolute Gasteiger partial charge is 0.276 e. The average molecular weight is 260 g/mol. The van der Waals surface area contributed by atoms with Crippen molar-refractivity contribution in [2.75, 3.05) is 0 Å². The maximum atomic E-state index is 12.3. The van der Waals surface area contributed by atoms with Crippen molar-refractivity contribution in [1.82, 2.24) is 30.3 Å². The third-order valence-electron chi connectivity index (χ3n) is 3.12. The van der Waals surface area contributed by atoms with Crippen LogP contribution in [0.5, 0.6) is 0 Å². The molecule has 0 unspecified atom stereocenters. The van der Waals surface area contributed by atoms with E-state index in [-0.39, 0.29) is 23.7 Å². The number of nitrogens with one attached hydrogen (secondary N) is 2. The summed E-state index contributed by atoms with van der Waals surface area (Å²) in [6, 6.07) is 0. The van der Waals surface area contributed by atoms with Crippen LogP contribution in [0.4, 0.5) is 0 Å². The van der Waals surface area contributed by atoms with E-state index >= 15 is 0 Å². The number of aryl methyl sites for hydroxylation is 2. The Labute approximate surface area is 107 Å². The summed E-state index contributed by atoms with van der Waals surface area (Å²) in [5.41, 5.74) is 1.82. The predicted octanol–water partition coefficient (Wildman–Crippen LogP) is -0.339. The zero-order chi connectivity index (χ0) is 13.6. The van der Waals surface area contributed by atoms with Gasteiger partial charge in [-0.05, 0) is 13.8 Å². The number of fused-ring (bicyclic) bond motifs is 1. The van der Waals surface area contributed by atoms with Gasteiger partial charge in [0.15, 0.2) is 5.69 Å². The van der Waals surface area contributed by atoms with Gasteiger partial charge in [0, 0.05) is 0 Å². The van der Waals surface area contributed by atoms with Crippen LogP contribution in [0.3, 0.4) is 0 Å². The number of hydrogen-bond acceptors (Lipinski definition) is 5. The molecule has 8 heteroatoms. The number of aromatic amines is 2. The number of carbonyl (C=O) groups is 1. The summed E-state index contributed by atoms with van der Waals surface area (Å²) in [7, 11) is 0. The molecule has 0 spiro atoms. The van der Waals surface area contributed by atoms with Gasteiger partial charge in [-0.2, -0.15) is 15.4 Å². The van der Waals surface area contributed by atoms with Crippen LogP contribution in [-0.4, -0.2) is 36.2 Å². The fourth-order valence-corrected chi connectivity index (χ4v) is 2.17. The first-order chi connectivity index (χ1) is 9.06. The Hall–Kier alpha value is -2.51. The maximum absolute atomic E-state index is 12.3. The maximum Gasteiger partial charge on any atom is 0.276 e. The van der Waals surface area contributed by atoms with Crippen molar-refractivity contribution in [1.29, 1.82) is 0 Å². The molecule has 0 saturated heterocycles. The summed E-state index contributed by atoms with van der Waals surface area (Å²) in [4.78, 5) is 32.5. The molecule has 98 valence electrons. The highest BCUT2D eigenvalue weighted by Gasteiger charge is 2.29. The molecule has 0 saturated carbocycles. The Bertz CT molecular complexity index is 716. The second kappa shape index (κ2) is 4.01. The first-order valence-electron chi connectivity index (χ1n) is 5.81. The Balaban J connectivity index is 1.92. The van der Waals surface area contributed by atoms with Crippen molar-refractivity contribution < 1.29 is 4.79 Å². The van der Waals surface area contributed by atoms with Crippen molar-refractivity contribution in [3.63, 3.8) is 0 Å². The van der Waals surface area contributed by atoms with Crippen molar-refractivity contribution in [2.24, 2.45) is 0 Å². The van der Waals surface area contributed by atoms with Crippen LogP contribution in [0.15, 0.2) is 4.79 Å². The quantitative estimate of drug-likeness (QED) is 0.729. The monoisotopic (exact) mass is 260 g/mol. The first-order valence-corrected chi connectivity index (χ1v) is 5.81. The lowest BCUT2D eigenvalue weighted by atomic mass is 10.3. The SMILES string of the molecule is Cc1nc2c(c(=O)[nH]1)CN(C(=O)c1n[nH]nc1C)C2. The first kappa shape index (κ1) is 11.6. The van der Waals surface area contributed by atoms with E-state index in [0.717, 1.165) is 0 Å². The number of carbonyl (C=O) groups excluding carboxylic acids is 1. The van der Waals surface area contributed by atoms with Crippen LogP contribution in [-0.2, 0) is 13.1 Å². The summed E-state index contributed by atoms with van der Waals surface area (Å²) in [6.07, 6.45) is 0. The third-order valence-corrected chi connectivity index (χ3v) is 3.12. The van der Waals surface area contributed by atoms with Crippen LogP contribution in [0.1, 0.15) is 33.3 Å². The van der Waals surface area contributed by atoms with E-state index < -0.39 is 0 Å². The Morgan fingerprint density at radius 3 is 2.74 bits per heavy atom. The number of rotatable bonds is 1. The molecule has 1 aliphatic rings. The van der Waals surface area contributed by atoms with Gasteiger partial charge in [0.2, 0.25) is 0 Å². The van der Waals surface area contributed by atoms with Gasteiger partial charge >= 0.3 is 0 Å². The molecule has 0 fully saturated rings. The molecule has 19 heavy (non-hydrogen) atoms. The lowest BCUT2D eigenvalue weighted by molar-refractivity contribution is 0.0743. The van der Waals surface area contributed by atoms with E-state index in [1.807, 2.05) is 0 Å². The van der Waals surface area contributed by atoms with Gasteiger partial charge in [0.1, 0.15) is 5.82 Å². The highest BCUT2D eigenvalue weighted by molar-refractivity contribution is 5.93. The average Bonchev–Trinajstić information content (AvgIpc) is 2.94. The van der Waals surface area contributed by atoms with E-state index in [0.29, 0.717) is 29.3 Å². The van der Waals surface area contributed by atoms with Gasteiger partial charge < -0.3 is 9.88 Å². The number of aromatic nitrogens is 5. The number of hydrogen-bond donors (Lipinski definition) is 2. The Kier molecular flexibility index (Phi) is 2.44. The number of nitrogens with zero attached hydrogens (tertiary/aromatic N) is 4. The van der Waals surface area contributed by atoms with Crippen molar-refractivity contribution >= 4 is 5.91 Å². The van der Waals surface area contributed by atoms with Gasteiger partial charge in [-0.25, -0.2) is 4.98 Å². The van der Waals surface area contributed by atoms with Crippen molar-refractivity contribution in [2.45, 2.75) is 26.9 Å². The van der Waals surface area contributed by atoms with Crippen LogP contribution in [0, 0.1) is 13.8 Å². The molecule has 0 atom stereocenters. The zero-order valence-corrected chi connectivity index (χ0v) is 10.5. The topological polar surface area (TPSA) is 108 Å². The Morgan fingerprint density at radius 2 is 2.05 bits per heavy atom. The second-order valence-electron chi connectivity index (χ2n) is 4.50. The lowest BCUT2D eigenvalue weighted by Crippen LogP contribution is -2.27. The summed E-state index contributed by atoms with van der Waals surface area (Å²) >= 11 is 0. The van der Waals surface area contributed by atoms with E-state index in [4.69, 9.17) is 0 Å². The summed E-state index contributed by atoms with van der Waals surface area (Å²) < 4.78 is 0. The molecule has 1 aliphatic heterocycles. The highest BCUT2D eigenvalue weighted by Crippen LogP contribution is 2.19. The molecule has 3 heterocycles. The molecule has 2 N–H and O–H groups in total. The molecule has 0 aromatic carbocycles. The molecule has 8 nitrogen and oxygen atoms in total. The lowest BCUT2D eigenvalue weighted by Gasteiger charge is -2.12. The molecule has 0 radical (unpaired) electrons. The minimum absolute atomic E-state index is 0.185. The normalized spacial score (nSPS) is 13.7. The van der Waals surface area contributed by atoms with Gasteiger partial charge in [0.05, 0.1) is 30.0 Å². The van der Waals surface area contributed by atoms with E-state index in [2.05, 4.69) is 25.4 Å². The van der Waals surface area contributed by atoms with E-state index in [1.165, 1.54) is 4.90 Å². The van der Waals surface area contributed by atoms with Crippen LogP contribution in [0.2, 0.25) is 0 Å². The van der Waals surface area contributed by atoms with Crippen LogP contribution >= 0.6 is 0 Å². The predicted molar refractivity (Wildman–Crippen MR) is 64.3 cm³/mol. The number of amides is 1. The van der Waals surface area contributed by atoms with E-state index in [1.54, 1.807) is 13.8 Å². The largest absolute Gasteiger partial charge is 0.327 e. The van der Waals surface area contributed by atoms with Crippen molar-refractivity contribution in [3.05, 3.63) is 38.8 Å². The fraction of sp³-hybridized carbons (Fsp3) is 0.364. The third kappa shape index (κ3) is 1.81. The molecule has 0 aliphatic carbocycles. The van der Waals surface area contributed by atoms with Gasteiger partial charge in [0.25, 0.3) is 11.5 Å². The van der Waals surface area contributed by atoms with Crippen LogP contribution < -0.4 is 5.56 Å². The van der Waals surface area contributed by atoms with Gasteiger partial charge in [-0.15, -0.1) is 0 Å². The van der Waals surface area contributed by atoms with Gasteiger partial charge in [-0.3, -0.25) is 9.59 Å². The molecule has 0 bridgehead atoms. The highest BCUT2D eigenvalue weighted by atomic mass is 16.2. The standard InChI is InChI=1S/C11H12N6O2/c1-5-9(15-16-14-5)11(19)17-3-7-8(4-17)12-6(2)13-10(7)18/h3-4H2,1-2H3,(H,12,13,18)(H,14,15,16). The van der Waals surface area contributed by atoms with E-state index in [9.17, 15) is 9.59 Å². The zero-order valence-electron chi connectivity index (χ0n) is 10.5. The van der Waals surface area contributed by atoms with Crippen LogP contribution in [0.25, 0.3) is 0 Å². The molecular weight excluding hydrogens is 248 g/mol. The number of H-pyrrole nitrogens is 2. The van der Waals surface area contributed by atoms with Gasteiger partial charge in [-0.1, -0.05) is 0 Å². The minimum atomic E-state index is -0.249. The molecule has 1 amide bonds. The molecular formula is C11H12N6O2. The molecule has 3 rings (SSSR count). The summed E-state index contributed by atoms with van der Waals surface area (Å²) in [5, 5.41) is 10.1.